The van der Waals surface area contributed by atoms with Gasteiger partial charge in [-0.1, -0.05) is 113 Å². The summed E-state index contributed by atoms with van der Waals surface area (Å²) in [6.07, 6.45) is 16.6. The van der Waals surface area contributed by atoms with E-state index in [1.54, 1.807) is 0 Å². The fraction of sp³-hybridized carbons (Fsp3) is 1.00. The smallest absolute Gasteiger partial charge is 0.0386 e. The summed E-state index contributed by atoms with van der Waals surface area (Å²) in [4.78, 5) is 0. The van der Waals surface area contributed by atoms with Crippen LogP contribution in [0.2, 0.25) is 0 Å². The molecule has 23 heavy (non-hydrogen) atoms. The van der Waals surface area contributed by atoms with E-state index in [0.717, 1.165) is 29.6 Å². The molecule has 3 unspecified atom stereocenters. The average molecular weight is 325 g/mol. The largest absolute Gasteiger partial charge is 0.0683 e. The zero-order valence-corrected chi connectivity index (χ0v) is 17.7. The first-order valence-electron chi connectivity index (χ1n) is 11.1. The summed E-state index contributed by atoms with van der Waals surface area (Å²) >= 11 is 0. The predicted molar refractivity (Wildman–Crippen MR) is 108 cm³/mol. The van der Waals surface area contributed by atoms with Crippen LogP contribution in [0.15, 0.2) is 0 Å². The lowest BCUT2D eigenvalue weighted by molar-refractivity contribution is 0.200. The molecular weight excluding hydrogens is 276 g/mol. The van der Waals surface area contributed by atoms with Gasteiger partial charge in [0.2, 0.25) is 0 Å². The Labute approximate surface area is 149 Å². The molecule has 2 fully saturated rings. The predicted octanol–water partition coefficient (Wildman–Crippen LogP) is 8.50. The SMILES string of the molecule is CC.CC.CC1CCC(CCC(C)CC2CCCCC2C)CC1. The van der Waals surface area contributed by atoms with Crippen molar-refractivity contribution in [2.24, 2.45) is 29.6 Å². The molecule has 0 aromatic rings. The summed E-state index contributed by atoms with van der Waals surface area (Å²) in [5.41, 5.74) is 0. The highest BCUT2D eigenvalue weighted by atomic mass is 14.3. The Morgan fingerprint density at radius 1 is 0.783 bits per heavy atom. The lowest BCUT2D eigenvalue weighted by atomic mass is 9.74. The second-order valence-electron chi connectivity index (χ2n) is 8.07. The second-order valence-corrected chi connectivity index (χ2v) is 8.07. The van der Waals surface area contributed by atoms with Gasteiger partial charge in [0.05, 0.1) is 0 Å². The topological polar surface area (TPSA) is 0 Å². The molecule has 0 aromatic carbocycles. The first-order valence-corrected chi connectivity index (χ1v) is 11.1. The molecule has 0 aromatic heterocycles. The molecule has 3 atom stereocenters. The van der Waals surface area contributed by atoms with E-state index in [4.69, 9.17) is 0 Å². The van der Waals surface area contributed by atoms with Crippen molar-refractivity contribution in [1.29, 1.82) is 0 Å². The first kappa shape index (κ1) is 23.0. The molecule has 0 spiro atoms. The summed E-state index contributed by atoms with van der Waals surface area (Å²) in [7, 11) is 0. The van der Waals surface area contributed by atoms with Crippen molar-refractivity contribution in [2.75, 3.05) is 0 Å². The van der Waals surface area contributed by atoms with Crippen molar-refractivity contribution in [1.82, 2.24) is 0 Å². The van der Waals surface area contributed by atoms with Gasteiger partial charge in [-0.05, 0) is 36.0 Å². The molecule has 2 aliphatic rings. The fourth-order valence-corrected chi connectivity index (χ4v) is 4.52. The molecule has 2 aliphatic carbocycles. The minimum Gasteiger partial charge on any atom is -0.0683 e. The van der Waals surface area contributed by atoms with E-state index in [-0.39, 0.29) is 0 Å². The van der Waals surface area contributed by atoms with Crippen molar-refractivity contribution < 1.29 is 0 Å². The average Bonchev–Trinajstić information content (AvgIpc) is 2.60. The third-order valence-electron chi connectivity index (χ3n) is 6.20. The molecule has 0 heteroatoms. The maximum atomic E-state index is 2.52. The molecular formula is C23H48. The Kier molecular flexibility index (Phi) is 14.4. The van der Waals surface area contributed by atoms with Crippen LogP contribution < -0.4 is 0 Å². The highest BCUT2D eigenvalue weighted by molar-refractivity contribution is 4.76. The molecule has 2 rings (SSSR count). The zero-order valence-electron chi connectivity index (χ0n) is 17.7. The normalized spacial score (nSPS) is 32.0. The van der Waals surface area contributed by atoms with Gasteiger partial charge >= 0.3 is 0 Å². The van der Waals surface area contributed by atoms with Gasteiger partial charge in [0.15, 0.2) is 0 Å². The molecule has 0 heterocycles. The summed E-state index contributed by atoms with van der Waals surface area (Å²) in [5, 5.41) is 0. The van der Waals surface area contributed by atoms with Crippen LogP contribution in [0.5, 0.6) is 0 Å². The highest BCUT2D eigenvalue weighted by Gasteiger charge is 2.24. The van der Waals surface area contributed by atoms with Crippen molar-refractivity contribution in [3.05, 3.63) is 0 Å². The number of hydrogen-bond acceptors (Lipinski definition) is 0. The third-order valence-corrected chi connectivity index (χ3v) is 6.20. The van der Waals surface area contributed by atoms with Gasteiger partial charge in [0.25, 0.3) is 0 Å². The monoisotopic (exact) mass is 324 g/mol. The van der Waals surface area contributed by atoms with E-state index in [1.165, 1.54) is 70.6 Å². The van der Waals surface area contributed by atoms with Gasteiger partial charge in [0.1, 0.15) is 0 Å². The first-order chi connectivity index (χ1) is 11.1. The Bertz CT molecular complexity index is 236. The molecule has 0 saturated heterocycles. The van der Waals surface area contributed by atoms with Crippen molar-refractivity contribution in [2.45, 2.75) is 119 Å². The van der Waals surface area contributed by atoms with E-state index >= 15 is 0 Å². The van der Waals surface area contributed by atoms with Crippen LogP contribution in [-0.2, 0) is 0 Å². The summed E-state index contributed by atoms with van der Waals surface area (Å²) in [6, 6.07) is 0. The van der Waals surface area contributed by atoms with Crippen molar-refractivity contribution >= 4 is 0 Å². The summed E-state index contributed by atoms with van der Waals surface area (Å²) < 4.78 is 0. The molecule has 140 valence electrons. The Morgan fingerprint density at radius 3 is 1.91 bits per heavy atom. The van der Waals surface area contributed by atoms with Gasteiger partial charge in [-0.25, -0.2) is 0 Å². The van der Waals surface area contributed by atoms with Crippen LogP contribution in [0.1, 0.15) is 119 Å². The van der Waals surface area contributed by atoms with Gasteiger partial charge in [0, 0.05) is 0 Å². The van der Waals surface area contributed by atoms with E-state index < -0.39 is 0 Å². The van der Waals surface area contributed by atoms with E-state index in [1.807, 2.05) is 27.7 Å². The van der Waals surface area contributed by atoms with Crippen LogP contribution in [0.3, 0.4) is 0 Å². The van der Waals surface area contributed by atoms with Crippen LogP contribution in [0.4, 0.5) is 0 Å². The standard InChI is InChI=1S/C19H36.2C2H6/c1-15-8-11-18(12-9-15)13-10-16(2)14-19-7-5-4-6-17(19)3;2*1-2/h15-19H,4-14H2,1-3H3;2*1-2H3. The molecule has 0 amide bonds. The van der Waals surface area contributed by atoms with Crippen LogP contribution in [0, 0.1) is 29.6 Å². The highest BCUT2D eigenvalue weighted by Crippen LogP contribution is 2.36. The van der Waals surface area contributed by atoms with Crippen LogP contribution in [-0.4, -0.2) is 0 Å². The minimum absolute atomic E-state index is 0.977. The summed E-state index contributed by atoms with van der Waals surface area (Å²) in [6.45, 7) is 15.5. The summed E-state index contributed by atoms with van der Waals surface area (Å²) in [5.74, 6) is 5.12. The number of hydrogen-bond donors (Lipinski definition) is 0. The van der Waals surface area contributed by atoms with Crippen LogP contribution >= 0.6 is 0 Å². The van der Waals surface area contributed by atoms with Gasteiger partial charge in [-0.3, -0.25) is 0 Å². The Hall–Kier alpha value is 0. The van der Waals surface area contributed by atoms with Crippen molar-refractivity contribution in [3.63, 3.8) is 0 Å². The Balaban J connectivity index is 0.00000112. The lowest BCUT2D eigenvalue weighted by Gasteiger charge is -2.32. The van der Waals surface area contributed by atoms with Crippen molar-refractivity contribution in [3.8, 4) is 0 Å². The molecule has 0 aliphatic heterocycles. The van der Waals surface area contributed by atoms with E-state index in [0.29, 0.717) is 0 Å². The minimum atomic E-state index is 0.977. The van der Waals surface area contributed by atoms with Gasteiger partial charge in [-0.2, -0.15) is 0 Å². The maximum absolute atomic E-state index is 2.52. The molecule has 0 nitrogen and oxygen atoms in total. The number of rotatable bonds is 5. The van der Waals surface area contributed by atoms with E-state index in [9.17, 15) is 0 Å². The molecule has 2 saturated carbocycles. The van der Waals surface area contributed by atoms with Gasteiger partial charge in [-0.15, -0.1) is 0 Å². The molecule has 0 bridgehead atoms. The fourth-order valence-electron chi connectivity index (χ4n) is 4.52. The Morgan fingerprint density at radius 2 is 1.35 bits per heavy atom. The lowest BCUT2D eigenvalue weighted by Crippen LogP contribution is -2.20. The molecule has 0 N–H and O–H groups in total. The second kappa shape index (κ2) is 14.4. The molecule has 0 radical (unpaired) electrons. The van der Waals surface area contributed by atoms with Gasteiger partial charge < -0.3 is 0 Å². The van der Waals surface area contributed by atoms with E-state index in [2.05, 4.69) is 20.8 Å². The zero-order chi connectivity index (χ0) is 17.7. The third kappa shape index (κ3) is 9.78. The van der Waals surface area contributed by atoms with Crippen LogP contribution in [0.25, 0.3) is 0 Å². The quantitative estimate of drug-likeness (QED) is 0.475. The maximum Gasteiger partial charge on any atom is -0.0386 e.